The third kappa shape index (κ3) is 14.6. The number of aliphatic carboxylic acids is 1. The van der Waals surface area contributed by atoms with E-state index in [9.17, 15) is 24.3 Å². The van der Waals surface area contributed by atoms with Crippen molar-refractivity contribution in [1.29, 1.82) is 0 Å². The summed E-state index contributed by atoms with van der Waals surface area (Å²) >= 11 is 0.946. The Bertz CT molecular complexity index is 1680. The summed E-state index contributed by atoms with van der Waals surface area (Å²) in [7, 11) is 0. The van der Waals surface area contributed by atoms with Gasteiger partial charge < -0.3 is 34.2 Å². The molecule has 3 aromatic rings. The first-order chi connectivity index (χ1) is 23.7. The number of aryl methyl sites for hydroxylation is 1. The van der Waals surface area contributed by atoms with Crippen molar-refractivity contribution in [2.45, 2.75) is 98.2 Å². The predicted octanol–water partition coefficient (Wildman–Crippen LogP) is 4.47. The van der Waals surface area contributed by atoms with E-state index in [2.05, 4.69) is 25.8 Å². The van der Waals surface area contributed by atoms with E-state index in [-0.39, 0.29) is 10.8 Å². The molecule has 3 rings (SSSR count). The normalized spacial score (nSPS) is 12.8. The van der Waals surface area contributed by atoms with Crippen molar-refractivity contribution in [2.24, 2.45) is 5.16 Å². The Morgan fingerprint density at radius 1 is 0.980 bits per heavy atom. The number of oxime groups is 1. The number of carboxylic acids is 1. The summed E-state index contributed by atoms with van der Waals surface area (Å²) in [5.74, 6) is -1.45. The van der Waals surface area contributed by atoms with E-state index < -0.39 is 59.4 Å². The highest BCUT2D eigenvalue weighted by atomic mass is 32.1. The fraction of sp³-hybridized carbons (Fsp3) is 0.515. The number of anilines is 1. The summed E-state index contributed by atoms with van der Waals surface area (Å²) in [6.45, 7) is 16.2. The molecule has 2 amide bonds. The van der Waals surface area contributed by atoms with E-state index in [0.29, 0.717) is 31.1 Å². The van der Waals surface area contributed by atoms with Gasteiger partial charge in [0.05, 0.1) is 12.7 Å². The number of hydrogen-bond donors (Lipinski definition) is 3. The average Bonchev–Trinajstić information content (AvgIpc) is 3.64. The van der Waals surface area contributed by atoms with E-state index in [4.69, 9.17) is 23.8 Å². The van der Waals surface area contributed by atoms with Gasteiger partial charge in [0.2, 0.25) is 17.9 Å². The Hall–Kier alpha value is -5.26. The van der Waals surface area contributed by atoms with Gasteiger partial charge in [-0.3, -0.25) is 5.32 Å². The quantitative estimate of drug-likeness (QED) is 0.0524. The number of imidazole rings is 1. The predicted molar refractivity (Wildman–Crippen MR) is 185 cm³/mol. The molecule has 0 radical (unpaired) electrons. The number of nitrogens with one attached hydrogen (secondary N) is 2. The Kier molecular flexibility index (Phi) is 13.5. The monoisotopic (exact) mass is 732 g/mol. The molecular formula is C33H46N7O10S+. The van der Waals surface area contributed by atoms with Crippen LogP contribution < -0.4 is 19.9 Å². The zero-order valence-corrected chi connectivity index (χ0v) is 31.0. The highest BCUT2D eigenvalue weighted by Gasteiger charge is 2.30. The van der Waals surface area contributed by atoms with Gasteiger partial charge in [-0.15, -0.1) is 11.3 Å². The maximum Gasteiger partial charge on any atom is 0.413 e. The second-order valence-electron chi connectivity index (χ2n) is 14.0. The van der Waals surface area contributed by atoms with E-state index in [1.54, 1.807) is 79.0 Å². The van der Waals surface area contributed by atoms with E-state index >= 15 is 0 Å². The first-order valence-corrected chi connectivity index (χ1v) is 16.8. The maximum absolute atomic E-state index is 13.0. The van der Waals surface area contributed by atoms with Crippen molar-refractivity contribution in [1.82, 2.24) is 19.9 Å². The second-order valence-corrected chi connectivity index (χ2v) is 14.9. The van der Waals surface area contributed by atoms with E-state index in [1.165, 1.54) is 11.6 Å². The van der Waals surface area contributed by atoms with Crippen LogP contribution in [-0.2, 0) is 35.2 Å². The molecule has 0 fully saturated rings. The number of nitrogens with zero attached hydrogens (tertiary/aromatic N) is 5. The van der Waals surface area contributed by atoms with Crippen molar-refractivity contribution in [3.05, 3.63) is 48.1 Å². The Morgan fingerprint density at radius 2 is 1.65 bits per heavy atom. The summed E-state index contributed by atoms with van der Waals surface area (Å²) in [5.41, 5.74) is -2.94. The summed E-state index contributed by atoms with van der Waals surface area (Å²) < 4.78 is 25.4. The molecule has 3 N–H and O–H groups in total. The molecule has 0 saturated carbocycles. The molecule has 18 heteroatoms. The van der Waals surface area contributed by atoms with Crippen molar-refractivity contribution < 1.29 is 52.6 Å². The zero-order chi connectivity index (χ0) is 38.0. The maximum atomic E-state index is 13.0. The Labute approximate surface area is 299 Å². The highest BCUT2D eigenvalue weighted by molar-refractivity contribution is 7.14. The van der Waals surface area contributed by atoms with Crippen LogP contribution in [0.25, 0.3) is 5.82 Å². The van der Waals surface area contributed by atoms with Crippen LogP contribution in [0.3, 0.4) is 0 Å². The van der Waals surface area contributed by atoms with Crippen LogP contribution in [0.2, 0.25) is 0 Å². The van der Waals surface area contributed by atoms with Crippen LogP contribution in [0.5, 0.6) is 5.75 Å². The van der Waals surface area contributed by atoms with Gasteiger partial charge in [0.1, 0.15) is 47.2 Å². The lowest BCUT2D eigenvalue weighted by atomic mass is 10.2. The summed E-state index contributed by atoms with van der Waals surface area (Å²) in [5, 5.41) is 20.1. The molecule has 0 unspecified atom stereocenters. The minimum absolute atomic E-state index is 0.0681. The lowest BCUT2D eigenvalue weighted by Crippen LogP contribution is -2.37. The number of aromatic nitrogens is 4. The van der Waals surface area contributed by atoms with Gasteiger partial charge in [-0.25, -0.2) is 33.7 Å². The summed E-state index contributed by atoms with van der Waals surface area (Å²) in [6, 6.07) is 3.35. The number of ether oxygens (including phenoxy) is 4. The fourth-order valence-corrected chi connectivity index (χ4v) is 4.54. The molecule has 0 aliphatic heterocycles. The van der Waals surface area contributed by atoms with Crippen LogP contribution in [0, 0.1) is 0 Å². The number of amides is 2. The molecule has 0 bridgehead atoms. The van der Waals surface area contributed by atoms with Crippen LogP contribution >= 0.6 is 11.3 Å². The highest BCUT2D eigenvalue weighted by Crippen LogP contribution is 2.19. The van der Waals surface area contributed by atoms with E-state index in [0.717, 1.165) is 11.3 Å². The van der Waals surface area contributed by atoms with Crippen LogP contribution in [0.15, 0.2) is 47.6 Å². The lowest BCUT2D eigenvalue weighted by molar-refractivity contribution is -0.696. The number of carboxylic acid groups (broad SMARTS) is 1. The molecule has 1 atom stereocenters. The third-order valence-corrected chi connectivity index (χ3v) is 6.60. The molecule has 278 valence electrons. The molecule has 3 aromatic heterocycles. The van der Waals surface area contributed by atoms with Crippen LogP contribution in [-0.4, -0.2) is 85.5 Å². The Morgan fingerprint density at radius 3 is 2.25 bits per heavy atom. The van der Waals surface area contributed by atoms with Gasteiger partial charge >= 0.3 is 24.1 Å². The van der Waals surface area contributed by atoms with Gasteiger partial charge in [-0.1, -0.05) is 5.16 Å². The number of pyridine rings is 1. The largest absolute Gasteiger partial charge is 0.487 e. The third-order valence-electron chi connectivity index (χ3n) is 5.84. The van der Waals surface area contributed by atoms with Gasteiger partial charge in [0.15, 0.2) is 5.13 Å². The molecule has 0 saturated heterocycles. The average molecular weight is 733 g/mol. The van der Waals surface area contributed by atoms with Gasteiger partial charge in [0.25, 0.3) is 6.10 Å². The first-order valence-electron chi connectivity index (χ1n) is 16.0. The first kappa shape index (κ1) is 40.2. The molecule has 0 spiro atoms. The molecule has 51 heavy (non-hydrogen) atoms. The SMILES string of the molecule is CC(C)(C)OC(=O)NCCC[n+]1ccn(-c2ccc(OC[C@H](O/N=C(\C(=O)O)c3csc(NC(=O)OC(C)(C)C)n3)C(=O)OC(C)(C)C)cn2)c1. The number of hydrogen-bond acceptors (Lipinski definition) is 13. The molecule has 0 aliphatic rings. The summed E-state index contributed by atoms with van der Waals surface area (Å²) in [6.07, 6.45) is 4.99. The van der Waals surface area contributed by atoms with Crippen LogP contribution in [0.1, 0.15) is 74.4 Å². The lowest BCUT2D eigenvalue weighted by Gasteiger charge is -2.23. The van der Waals surface area contributed by atoms with Gasteiger partial charge in [-0.2, -0.15) is 4.57 Å². The van der Waals surface area contributed by atoms with E-state index in [1.807, 2.05) is 23.3 Å². The van der Waals surface area contributed by atoms with Crippen molar-refractivity contribution in [3.8, 4) is 11.6 Å². The molecular weight excluding hydrogens is 686 g/mol. The number of carbonyl (C=O) groups excluding carboxylic acids is 3. The smallest absolute Gasteiger partial charge is 0.413 e. The summed E-state index contributed by atoms with van der Waals surface area (Å²) in [4.78, 5) is 62.8. The van der Waals surface area contributed by atoms with Crippen molar-refractivity contribution >= 4 is 46.3 Å². The number of rotatable bonds is 14. The molecule has 17 nitrogen and oxygen atoms in total. The topological polar surface area (TPSA) is 206 Å². The fourth-order valence-electron chi connectivity index (χ4n) is 3.86. The number of alkyl carbamates (subject to hydrolysis) is 1. The number of carbonyl (C=O) groups is 4. The standard InChI is InChI=1S/C33H45N7O10S/c1-31(2,3)47-27(43)23(50-38-25(26(41)42)22-19-51-28(36-22)37-30(45)49-33(7,8)9)18-46-21-11-12-24(35-17-21)40-16-15-39(20-40)14-10-13-34-29(44)48-32(4,5)6/h11-12,15-17,19-20,23H,10,13-14,18H2,1-9H3,(H2-,34,36,37,41,42,44,45)/p+1/b38-25-/t23-/m0/s1. The number of esters is 1. The second kappa shape index (κ2) is 17.1. The van der Waals surface area contributed by atoms with Crippen molar-refractivity contribution in [2.75, 3.05) is 18.5 Å². The van der Waals surface area contributed by atoms with Crippen LogP contribution in [0.4, 0.5) is 14.7 Å². The molecule has 3 heterocycles. The molecule has 0 aliphatic carbocycles. The number of thiazole rings is 1. The Balaban J connectivity index is 1.64. The van der Waals surface area contributed by atoms with Crippen molar-refractivity contribution in [3.63, 3.8) is 0 Å². The molecule has 0 aromatic carbocycles. The van der Waals surface area contributed by atoms with Gasteiger partial charge in [0, 0.05) is 24.4 Å². The minimum Gasteiger partial charge on any atom is -0.487 e. The zero-order valence-electron chi connectivity index (χ0n) is 30.2. The minimum atomic E-state index is -1.49. The van der Waals surface area contributed by atoms with Gasteiger partial charge in [-0.05, 0) is 68.4 Å².